The predicted molar refractivity (Wildman–Crippen MR) is 61.8 cm³/mol. The molecule has 1 saturated carbocycles. The van der Waals surface area contributed by atoms with E-state index in [1.807, 2.05) is 6.92 Å². The molecule has 0 saturated heterocycles. The lowest BCUT2D eigenvalue weighted by Crippen LogP contribution is -2.09. The molecule has 0 spiro atoms. The summed E-state index contributed by atoms with van der Waals surface area (Å²) in [5.74, 6) is 2.21. The molecule has 0 unspecified atom stereocenters. The third-order valence-electron chi connectivity index (χ3n) is 3.34. The molecular formula is C12H19N3. The maximum Gasteiger partial charge on any atom is 0.134 e. The van der Waals surface area contributed by atoms with Gasteiger partial charge in [-0.2, -0.15) is 0 Å². The van der Waals surface area contributed by atoms with Gasteiger partial charge in [0.1, 0.15) is 11.6 Å². The second-order valence-corrected chi connectivity index (χ2v) is 4.37. The third kappa shape index (κ3) is 1.96. The molecule has 1 aromatic heterocycles. The molecule has 2 rings (SSSR count). The summed E-state index contributed by atoms with van der Waals surface area (Å²) in [6.45, 7) is 4.13. The summed E-state index contributed by atoms with van der Waals surface area (Å²) in [6, 6.07) is 0. The van der Waals surface area contributed by atoms with Crippen LogP contribution in [0, 0.1) is 6.92 Å². The van der Waals surface area contributed by atoms with Crippen LogP contribution in [0.3, 0.4) is 0 Å². The zero-order chi connectivity index (χ0) is 10.8. The van der Waals surface area contributed by atoms with Crippen molar-refractivity contribution < 1.29 is 0 Å². The number of nitrogen functional groups attached to an aromatic ring is 1. The van der Waals surface area contributed by atoms with Crippen LogP contribution in [0.2, 0.25) is 0 Å². The first-order valence-electron chi connectivity index (χ1n) is 5.85. The fraction of sp³-hybridized carbons (Fsp3) is 0.667. The number of aryl methyl sites for hydroxylation is 1. The van der Waals surface area contributed by atoms with Crippen LogP contribution in [0.15, 0.2) is 0 Å². The Morgan fingerprint density at radius 1 is 1.27 bits per heavy atom. The van der Waals surface area contributed by atoms with E-state index in [2.05, 4.69) is 16.9 Å². The standard InChI is InChI=1S/C12H19N3/c1-3-10-8(2)14-12(15-11(10)13)9-6-4-5-7-9/h9H,3-7H2,1-2H3,(H2,13,14,15). The molecule has 0 amide bonds. The maximum atomic E-state index is 5.95. The van der Waals surface area contributed by atoms with Gasteiger partial charge in [-0.25, -0.2) is 9.97 Å². The summed E-state index contributed by atoms with van der Waals surface area (Å²) in [4.78, 5) is 9.05. The summed E-state index contributed by atoms with van der Waals surface area (Å²) in [5, 5.41) is 0. The van der Waals surface area contributed by atoms with Gasteiger partial charge in [-0.15, -0.1) is 0 Å². The molecule has 1 aliphatic carbocycles. The minimum absolute atomic E-state index is 0.553. The van der Waals surface area contributed by atoms with Crippen molar-refractivity contribution in [3.8, 4) is 0 Å². The second-order valence-electron chi connectivity index (χ2n) is 4.37. The Kier molecular flexibility index (Phi) is 2.89. The minimum atomic E-state index is 0.553. The normalized spacial score (nSPS) is 17.2. The van der Waals surface area contributed by atoms with Crippen LogP contribution >= 0.6 is 0 Å². The summed E-state index contributed by atoms with van der Waals surface area (Å²) in [6.07, 6.45) is 5.99. The molecule has 1 fully saturated rings. The lowest BCUT2D eigenvalue weighted by molar-refractivity contribution is 0.663. The molecule has 1 aliphatic rings. The van der Waals surface area contributed by atoms with Crippen LogP contribution in [0.1, 0.15) is 55.6 Å². The van der Waals surface area contributed by atoms with Crippen LogP contribution in [0.25, 0.3) is 0 Å². The molecule has 3 nitrogen and oxygen atoms in total. The van der Waals surface area contributed by atoms with Crippen molar-refractivity contribution in [3.63, 3.8) is 0 Å². The lowest BCUT2D eigenvalue weighted by Gasteiger charge is -2.12. The quantitative estimate of drug-likeness (QED) is 0.807. The van der Waals surface area contributed by atoms with Crippen LogP contribution in [-0.4, -0.2) is 9.97 Å². The van der Waals surface area contributed by atoms with Crippen molar-refractivity contribution in [1.29, 1.82) is 0 Å². The predicted octanol–water partition coefficient (Wildman–Crippen LogP) is 2.59. The molecule has 0 atom stereocenters. The van der Waals surface area contributed by atoms with Crippen molar-refractivity contribution >= 4 is 5.82 Å². The number of aromatic nitrogens is 2. The summed E-state index contributed by atoms with van der Waals surface area (Å²) in [7, 11) is 0. The largest absolute Gasteiger partial charge is 0.383 e. The van der Waals surface area contributed by atoms with Gasteiger partial charge in [0.2, 0.25) is 0 Å². The van der Waals surface area contributed by atoms with E-state index < -0.39 is 0 Å². The first-order chi connectivity index (χ1) is 7.22. The highest BCUT2D eigenvalue weighted by atomic mass is 15.0. The Bertz CT molecular complexity index is 331. The molecule has 1 heterocycles. The van der Waals surface area contributed by atoms with E-state index in [4.69, 9.17) is 5.73 Å². The number of nitrogens with zero attached hydrogens (tertiary/aromatic N) is 2. The van der Waals surface area contributed by atoms with Gasteiger partial charge in [-0.1, -0.05) is 19.8 Å². The summed E-state index contributed by atoms with van der Waals surface area (Å²) >= 11 is 0. The van der Waals surface area contributed by atoms with Gasteiger partial charge in [-0.05, 0) is 26.2 Å². The second kappa shape index (κ2) is 4.17. The fourth-order valence-electron chi connectivity index (χ4n) is 2.44. The number of nitrogens with two attached hydrogens (primary N) is 1. The first kappa shape index (κ1) is 10.4. The Balaban J connectivity index is 2.33. The van der Waals surface area contributed by atoms with E-state index in [0.717, 1.165) is 23.5 Å². The van der Waals surface area contributed by atoms with Crippen molar-refractivity contribution in [2.45, 2.75) is 51.9 Å². The number of hydrogen-bond donors (Lipinski definition) is 1. The molecular weight excluding hydrogens is 186 g/mol. The zero-order valence-corrected chi connectivity index (χ0v) is 9.58. The van der Waals surface area contributed by atoms with Gasteiger partial charge in [0, 0.05) is 17.2 Å². The van der Waals surface area contributed by atoms with Crippen molar-refractivity contribution in [2.75, 3.05) is 5.73 Å². The van der Waals surface area contributed by atoms with E-state index in [1.54, 1.807) is 0 Å². The van der Waals surface area contributed by atoms with Gasteiger partial charge >= 0.3 is 0 Å². The molecule has 1 aromatic rings. The molecule has 0 aliphatic heterocycles. The van der Waals surface area contributed by atoms with Gasteiger partial charge in [0.25, 0.3) is 0 Å². The van der Waals surface area contributed by atoms with Crippen LogP contribution in [-0.2, 0) is 6.42 Å². The summed E-state index contributed by atoms with van der Waals surface area (Å²) in [5.41, 5.74) is 8.12. The average Bonchev–Trinajstić information content (AvgIpc) is 2.69. The van der Waals surface area contributed by atoms with E-state index >= 15 is 0 Å². The van der Waals surface area contributed by atoms with E-state index in [9.17, 15) is 0 Å². The Morgan fingerprint density at radius 2 is 1.93 bits per heavy atom. The van der Waals surface area contributed by atoms with E-state index in [-0.39, 0.29) is 0 Å². The molecule has 15 heavy (non-hydrogen) atoms. The highest BCUT2D eigenvalue weighted by Crippen LogP contribution is 2.33. The molecule has 2 N–H and O–H groups in total. The Hall–Kier alpha value is -1.12. The zero-order valence-electron chi connectivity index (χ0n) is 9.58. The molecule has 0 bridgehead atoms. The fourth-order valence-corrected chi connectivity index (χ4v) is 2.44. The minimum Gasteiger partial charge on any atom is -0.383 e. The summed E-state index contributed by atoms with van der Waals surface area (Å²) < 4.78 is 0. The van der Waals surface area contributed by atoms with Crippen LogP contribution in [0.4, 0.5) is 5.82 Å². The Morgan fingerprint density at radius 3 is 2.47 bits per heavy atom. The van der Waals surface area contributed by atoms with E-state index in [0.29, 0.717) is 11.7 Å². The molecule has 0 radical (unpaired) electrons. The molecule has 0 aromatic carbocycles. The molecule has 3 heteroatoms. The van der Waals surface area contributed by atoms with Crippen LogP contribution < -0.4 is 5.73 Å². The first-order valence-corrected chi connectivity index (χ1v) is 5.85. The van der Waals surface area contributed by atoms with Crippen molar-refractivity contribution in [2.24, 2.45) is 0 Å². The maximum absolute atomic E-state index is 5.95. The number of anilines is 1. The average molecular weight is 205 g/mol. The van der Waals surface area contributed by atoms with Crippen LogP contribution in [0.5, 0.6) is 0 Å². The highest BCUT2D eigenvalue weighted by Gasteiger charge is 2.21. The Labute approximate surface area is 91.1 Å². The van der Waals surface area contributed by atoms with E-state index in [1.165, 1.54) is 25.7 Å². The SMILES string of the molecule is CCc1c(C)nc(C2CCCC2)nc1N. The topological polar surface area (TPSA) is 51.8 Å². The van der Waals surface area contributed by atoms with Crippen molar-refractivity contribution in [1.82, 2.24) is 9.97 Å². The van der Waals surface area contributed by atoms with Gasteiger partial charge < -0.3 is 5.73 Å². The lowest BCUT2D eigenvalue weighted by atomic mass is 10.1. The molecule has 82 valence electrons. The van der Waals surface area contributed by atoms with Gasteiger partial charge in [-0.3, -0.25) is 0 Å². The van der Waals surface area contributed by atoms with Gasteiger partial charge in [0.15, 0.2) is 0 Å². The number of hydrogen-bond acceptors (Lipinski definition) is 3. The van der Waals surface area contributed by atoms with Gasteiger partial charge in [0.05, 0.1) is 0 Å². The smallest absolute Gasteiger partial charge is 0.134 e. The highest BCUT2D eigenvalue weighted by molar-refractivity contribution is 5.42. The number of rotatable bonds is 2. The monoisotopic (exact) mass is 205 g/mol. The van der Waals surface area contributed by atoms with Crippen molar-refractivity contribution in [3.05, 3.63) is 17.1 Å². The third-order valence-corrected chi connectivity index (χ3v) is 3.34.